The number of fused-ring (bicyclic) bond motifs is 4. The maximum atomic E-state index is 5.05. The molecule has 1 aliphatic rings. The second kappa shape index (κ2) is 22.2. The van der Waals surface area contributed by atoms with Crippen LogP contribution in [0.1, 0.15) is 62.9 Å². The van der Waals surface area contributed by atoms with E-state index in [2.05, 4.69) is 162 Å². The largest absolute Gasteiger partial charge is 0.356 e. The van der Waals surface area contributed by atoms with Crippen LogP contribution < -0.4 is 5.32 Å². The second-order valence-corrected chi connectivity index (χ2v) is 21.5. The zero-order valence-corrected chi connectivity index (χ0v) is 44.7. The third-order valence-corrected chi connectivity index (χ3v) is 15.4. The Balaban J connectivity index is 0.000000162. The molecule has 0 aliphatic carbocycles. The lowest BCUT2D eigenvalue weighted by Gasteiger charge is -2.14. The predicted octanol–water partition coefficient (Wildman–Crippen LogP) is 15.8. The zero-order chi connectivity index (χ0) is 52.1. The van der Waals surface area contributed by atoms with Crippen LogP contribution in [0.4, 0.5) is 0 Å². The lowest BCUT2D eigenvalue weighted by Crippen LogP contribution is -2.18. The summed E-state index contributed by atoms with van der Waals surface area (Å²) >= 11 is 3.55. The minimum Gasteiger partial charge on any atom is -0.356 e. The third kappa shape index (κ3) is 10.6. The van der Waals surface area contributed by atoms with Crippen LogP contribution in [-0.2, 0) is 6.54 Å². The standard InChI is InChI=1S/C33H27N5S.C30H32N6S/c1-4-22(18-25(5-2)34-21(3)23-10-7-6-8-11-23)28-14-15-30-32(36-28)33(38-37-30)31-19-27-26(24-16-17-39-20-24)12-9-13-29(27)35-31;1-19(2)37-18-20(3)23-7-6-8-26-24(23)14-28(32-26)30-29-27(34-35-30)10-9-25(33-29)22-13-21(15-31-16-22)17-36-11-4-5-12-36/h4-20,34-35H,2-3H2,1H3,(H,37,38);6-10,13-16,18-19,32H,4-5,11-12,17H2,1-3H3,(H,34,35)/b22-4+,25-18+;20-18+. The van der Waals surface area contributed by atoms with Gasteiger partial charge in [-0.1, -0.05) is 87.7 Å². The first-order valence-electron chi connectivity index (χ1n) is 25.7. The molecule has 11 nitrogen and oxygen atoms in total. The number of pyridine rings is 3. The molecule has 0 bridgehead atoms. The molecule has 76 heavy (non-hydrogen) atoms. The van der Waals surface area contributed by atoms with Gasteiger partial charge in [0.15, 0.2) is 0 Å². The average Bonchev–Trinajstić information content (AvgIpc) is 4.38. The molecule has 8 aromatic heterocycles. The van der Waals surface area contributed by atoms with Gasteiger partial charge in [0.05, 0.1) is 33.8 Å². The summed E-state index contributed by atoms with van der Waals surface area (Å²) in [7, 11) is 0. The molecule has 0 saturated carbocycles. The Bertz CT molecular complexity index is 3970. The highest BCUT2D eigenvalue weighted by Crippen LogP contribution is 2.36. The van der Waals surface area contributed by atoms with Gasteiger partial charge in [-0.3, -0.25) is 20.1 Å². The quantitative estimate of drug-likeness (QED) is 0.0639. The minimum absolute atomic E-state index is 0.558. The molecule has 378 valence electrons. The van der Waals surface area contributed by atoms with E-state index in [1.54, 1.807) is 17.4 Å². The van der Waals surface area contributed by atoms with Gasteiger partial charge in [0.1, 0.15) is 22.4 Å². The van der Waals surface area contributed by atoms with Crippen molar-refractivity contribution >= 4 is 83.8 Å². The van der Waals surface area contributed by atoms with Gasteiger partial charge in [-0.15, -0.1) is 11.8 Å². The molecule has 13 heteroatoms. The van der Waals surface area contributed by atoms with Crippen molar-refractivity contribution in [1.29, 1.82) is 0 Å². The molecule has 0 unspecified atom stereocenters. The highest BCUT2D eigenvalue weighted by Gasteiger charge is 2.19. The van der Waals surface area contributed by atoms with E-state index in [0.29, 0.717) is 5.25 Å². The molecule has 12 rings (SSSR count). The summed E-state index contributed by atoms with van der Waals surface area (Å²) in [4.78, 5) is 24.3. The van der Waals surface area contributed by atoms with Crippen LogP contribution in [0.2, 0.25) is 0 Å². The Hall–Kier alpha value is -8.36. The lowest BCUT2D eigenvalue weighted by molar-refractivity contribution is 0.331. The number of aromatic amines is 4. The number of nitrogens with one attached hydrogen (secondary N) is 5. The number of likely N-dealkylation sites (tertiary alicyclic amines) is 1. The Kier molecular flexibility index (Phi) is 14.6. The molecule has 1 aliphatic heterocycles. The topological polar surface area (TPSA) is 143 Å². The van der Waals surface area contributed by atoms with Crippen molar-refractivity contribution in [2.24, 2.45) is 0 Å². The fourth-order valence-corrected chi connectivity index (χ4v) is 11.1. The maximum Gasteiger partial charge on any atom is 0.135 e. The summed E-state index contributed by atoms with van der Waals surface area (Å²) in [6, 6.07) is 39.6. The van der Waals surface area contributed by atoms with Gasteiger partial charge in [0, 0.05) is 63.0 Å². The van der Waals surface area contributed by atoms with E-state index in [9.17, 15) is 0 Å². The summed E-state index contributed by atoms with van der Waals surface area (Å²) in [6.45, 7) is 20.1. The monoisotopic (exact) mass is 1030 g/mol. The number of thioether (sulfide) groups is 1. The van der Waals surface area contributed by atoms with E-state index < -0.39 is 0 Å². The Morgan fingerprint density at radius 1 is 0.776 bits per heavy atom. The van der Waals surface area contributed by atoms with Crippen LogP contribution in [0.3, 0.4) is 0 Å². The number of hydrogen-bond donors (Lipinski definition) is 5. The number of aromatic nitrogens is 9. The van der Waals surface area contributed by atoms with Crippen molar-refractivity contribution in [3.63, 3.8) is 0 Å². The highest BCUT2D eigenvalue weighted by molar-refractivity contribution is 8.02. The van der Waals surface area contributed by atoms with Crippen molar-refractivity contribution in [3.05, 3.63) is 203 Å². The number of allylic oxidation sites excluding steroid dienone is 5. The summed E-state index contributed by atoms with van der Waals surface area (Å²) < 4.78 is 0. The van der Waals surface area contributed by atoms with Crippen molar-refractivity contribution in [1.82, 2.24) is 55.5 Å². The molecule has 5 N–H and O–H groups in total. The Morgan fingerprint density at radius 3 is 2.20 bits per heavy atom. The molecule has 0 amide bonds. The number of benzene rings is 3. The SMILES string of the molecule is C/C(=C\SC(C)C)c1cccc2[nH]c(-c3n[nH]c4ccc(-c5cncc(CN6CCCC6)c5)nc34)cc12.C=C/C(=C\C(=C/C)c1ccc2[nH]nc(-c3cc4c(-c5ccsc5)cccc4[nH]3)c2n1)NC(=C)c1ccccc1. The van der Waals surface area contributed by atoms with Crippen LogP contribution in [0, 0.1) is 0 Å². The molecule has 1 saturated heterocycles. The Morgan fingerprint density at radius 2 is 1.49 bits per heavy atom. The minimum atomic E-state index is 0.558. The first-order valence-corrected chi connectivity index (χ1v) is 27.6. The molecule has 0 spiro atoms. The van der Waals surface area contributed by atoms with Gasteiger partial charge in [-0.05, 0) is 168 Å². The van der Waals surface area contributed by atoms with Gasteiger partial charge in [0.25, 0.3) is 0 Å². The summed E-state index contributed by atoms with van der Waals surface area (Å²) in [5.41, 5.74) is 21.7. The number of H-pyrrole nitrogens is 4. The van der Waals surface area contributed by atoms with E-state index in [-0.39, 0.29) is 0 Å². The second-order valence-electron chi connectivity index (χ2n) is 19.3. The van der Waals surface area contributed by atoms with Gasteiger partial charge < -0.3 is 15.3 Å². The summed E-state index contributed by atoms with van der Waals surface area (Å²) in [5, 5.41) is 28.4. The van der Waals surface area contributed by atoms with E-state index in [1.807, 2.05) is 91.8 Å². The van der Waals surface area contributed by atoms with E-state index in [0.717, 1.165) is 107 Å². The van der Waals surface area contributed by atoms with Gasteiger partial charge in [-0.2, -0.15) is 21.5 Å². The fraction of sp³-hybridized carbons (Fsp3) is 0.159. The maximum absolute atomic E-state index is 5.05. The van der Waals surface area contributed by atoms with Crippen LogP contribution in [-0.4, -0.2) is 68.6 Å². The van der Waals surface area contributed by atoms with E-state index in [1.165, 1.54) is 59.1 Å². The van der Waals surface area contributed by atoms with Crippen molar-refractivity contribution in [3.8, 4) is 45.2 Å². The molecule has 0 atom stereocenters. The molecular formula is C63H59N11S2. The summed E-state index contributed by atoms with van der Waals surface area (Å²) in [5.74, 6) is 0. The highest BCUT2D eigenvalue weighted by atomic mass is 32.2. The number of nitrogens with zero attached hydrogens (tertiary/aromatic N) is 6. The molecule has 0 radical (unpaired) electrons. The van der Waals surface area contributed by atoms with Crippen molar-refractivity contribution in [2.45, 2.75) is 52.3 Å². The van der Waals surface area contributed by atoms with Crippen molar-refractivity contribution < 1.29 is 0 Å². The van der Waals surface area contributed by atoms with Crippen molar-refractivity contribution in [2.75, 3.05) is 13.1 Å². The molecule has 11 aromatic rings. The number of thiophene rings is 1. The smallest absolute Gasteiger partial charge is 0.135 e. The average molecular weight is 1030 g/mol. The normalized spacial score (nSPS) is 13.6. The van der Waals surface area contributed by atoms with Crippen LogP contribution in [0.5, 0.6) is 0 Å². The molecule has 3 aromatic carbocycles. The first-order chi connectivity index (χ1) is 37.2. The Labute approximate surface area is 450 Å². The first kappa shape index (κ1) is 49.8. The lowest BCUT2D eigenvalue weighted by atomic mass is 10.0. The number of hydrogen-bond acceptors (Lipinski definition) is 9. The fourth-order valence-electron chi connectivity index (χ4n) is 9.79. The van der Waals surface area contributed by atoms with E-state index >= 15 is 0 Å². The van der Waals surface area contributed by atoms with Gasteiger partial charge in [0.2, 0.25) is 0 Å². The van der Waals surface area contributed by atoms with Crippen LogP contribution in [0.15, 0.2) is 181 Å². The molecular weight excluding hydrogens is 975 g/mol. The van der Waals surface area contributed by atoms with Gasteiger partial charge in [-0.25, -0.2) is 9.97 Å². The molecule has 9 heterocycles. The number of rotatable bonds is 15. The summed E-state index contributed by atoms with van der Waals surface area (Å²) in [6.07, 6.45) is 12.3. The zero-order valence-electron chi connectivity index (χ0n) is 43.1. The van der Waals surface area contributed by atoms with Crippen LogP contribution in [0.25, 0.3) is 106 Å². The van der Waals surface area contributed by atoms with Crippen LogP contribution >= 0.6 is 23.1 Å². The van der Waals surface area contributed by atoms with E-state index in [4.69, 9.17) is 9.97 Å². The predicted molar refractivity (Wildman–Crippen MR) is 320 cm³/mol. The molecule has 1 fully saturated rings. The van der Waals surface area contributed by atoms with Gasteiger partial charge >= 0.3 is 0 Å². The third-order valence-electron chi connectivity index (χ3n) is 13.7.